The second-order valence-electron chi connectivity index (χ2n) is 10.4. The fourth-order valence-corrected chi connectivity index (χ4v) is 9.37. The highest BCUT2D eigenvalue weighted by molar-refractivity contribution is 7.85. The van der Waals surface area contributed by atoms with Crippen LogP contribution in [-0.2, 0) is 10.8 Å². The van der Waals surface area contributed by atoms with Crippen molar-refractivity contribution in [1.82, 2.24) is 0 Å². The first kappa shape index (κ1) is 19.2. The smallest absolute Gasteiger partial charge is 0.0351 e. The average molecular weight is 378 g/mol. The number of hydrogen-bond donors (Lipinski definition) is 1. The summed E-state index contributed by atoms with van der Waals surface area (Å²) in [5.74, 6) is 4.34. The Morgan fingerprint density at radius 1 is 1.12 bits per heavy atom. The van der Waals surface area contributed by atoms with E-state index >= 15 is 0 Å². The Morgan fingerprint density at radius 2 is 1.92 bits per heavy atom. The largest absolute Gasteiger partial charge is 0.330 e. The van der Waals surface area contributed by atoms with Gasteiger partial charge in [-0.15, -0.1) is 0 Å². The molecule has 4 fully saturated rings. The van der Waals surface area contributed by atoms with Gasteiger partial charge < -0.3 is 5.73 Å². The molecule has 5 unspecified atom stereocenters. The van der Waals surface area contributed by atoms with E-state index in [1.54, 1.807) is 5.57 Å². The first-order chi connectivity index (χ1) is 12.4. The molecule has 0 heterocycles. The van der Waals surface area contributed by atoms with E-state index in [1.165, 1.54) is 57.8 Å². The lowest BCUT2D eigenvalue weighted by Crippen LogP contribution is -2.53. The van der Waals surface area contributed by atoms with E-state index in [0.717, 1.165) is 35.8 Å². The van der Waals surface area contributed by atoms with Crippen molar-refractivity contribution < 1.29 is 4.21 Å². The minimum absolute atomic E-state index is 0.436. The summed E-state index contributed by atoms with van der Waals surface area (Å²) in [6.45, 7) is 10.3. The van der Waals surface area contributed by atoms with Crippen molar-refractivity contribution >= 4 is 10.8 Å². The Kier molecular flexibility index (Phi) is 5.18. The second kappa shape index (κ2) is 7.03. The second-order valence-corrected chi connectivity index (χ2v) is 12.2. The molecular formula is C23H39NOS. The molecule has 4 rings (SSSR count). The molecule has 2 nitrogen and oxygen atoms in total. The van der Waals surface area contributed by atoms with E-state index in [2.05, 4.69) is 20.4 Å². The summed E-state index contributed by atoms with van der Waals surface area (Å²) < 4.78 is 12.7. The molecule has 0 aromatic rings. The van der Waals surface area contributed by atoms with Crippen LogP contribution in [0, 0.1) is 34.5 Å². The average Bonchev–Trinajstić information content (AvgIpc) is 2.94. The molecule has 0 radical (unpaired) electrons. The quantitative estimate of drug-likeness (QED) is 0.697. The van der Waals surface area contributed by atoms with Crippen LogP contribution in [0.15, 0.2) is 12.2 Å². The van der Waals surface area contributed by atoms with Gasteiger partial charge in [-0.1, -0.05) is 26.0 Å². The van der Waals surface area contributed by atoms with Crippen molar-refractivity contribution in [2.45, 2.75) is 83.3 Å². The molecule has 0 amide bonds. The maximum Gasteiger partial charge on any atom is 0.0351 e. The Bertz CT molecular complexity index is 589. The standard InChI is InChI=1S/C23H39NOS/c1-16-5-8-20-19-7-6-17-15-18(26(25)14-4-13-24)9-11-23(17,3)21(19)10-12-22(16,20)2/h17-21H,1,4-15,24H2,2-3H3/t17?,18-,19?,20?,21?,22-,23+,26?/m1/s1. The first-order valence-corrected chi connectivity index (χ1v) is 12.5. The van der Waals surface area contributed by atoms with Crippen LogP contribution < -0.4 is 5.73 Å². The lowest BCUT2D eigenvalue weighted by Gasteiger charge is -2.60. The van der Waals surface area contributed by atoms with Crippen LogP contribution in [0.3, 0.4) is 0 Å². The maximum absolute atomic E-state index is 12.7. The Morgan fingerprint density at radius 3 is 2.69 bits per heavy atom. The molecule has 0 bridgehead atoms. The zero-order chi connectivity index (χ0) is 18.5. The summed E-state index contributed by atoms with van der Waals surface area (Å²) in [5, 5.41) is 0.441. The summed E-state index contributed by atoms with van der Waals surface area (Å²) in [5.41, 5.74) is 8.12. The van der Waals surface area contributed by atoms with E-state index in [4.69, 9.17) is 5.73 Å². The SMILES string of the molecule is C=C1CCC2C3CCC4C[C@H](S(=O)CCCN)CC[C@]4(C)C3CC[C@]12C. The Balaban J connectivity index is 1.49. The molecule has 0 saturated heterocycles. The Labute approximate surface area is 163 Å². The van der Waals surface area contributed by atoms with Gasteiger partial charge in [0.05, 0.1) is 0 Å². The highest BCUT2D eigenvalue weighted by atomic mass is 32.2. The minimum atomic E-state index is -0.657. The number of fused-ring (bicyclic) bond motifs is 5. The van der Waals surface area contributed by atoms with E-state index in [-0.39, 0.29) is 0 Å². The van der Waals surface area contributed by atoms with Crippen LogP contribution in [0.2, 0.25) is 0 Å². The van der Waals surface area contributed by atoms with Crippen LogP contribution in [0.5, 0.6) is 0 Å². The van der Waals surface area contributed by atoms with Crippen LogP contribution in [-0.4, -0.2) is 21.8 Å². The van der Waals surface area contributed by atoms with Crippen LogP contribution in [0.4, 0.5) is 0 Å². The van der Waals surface area contributed by atoms with Crippen molar-refractivity contribution in [2.24, 2.45) is 40.2 Å². The van der Waals surface area contributed by atoms with Crippen LogP contribution >= 0.6 is 0 Å². The predicted molar refractivity (Wildman–Crippen MR) is 111 cm³/mol. The van der Waals surface area contributed by atoms with Gasteiger partial charge in [-0.2, -0.15) is 0 Å². The molecule has 26 heavy (non-hydrogen) atoms. The van der Waals surface area contributed by atoms with Crippen molar-refractivity contribution in [2.75, 3.05) is 12.3 Å². The van der Waals surface area contributed by atoms with E-state index < -0.39 is 10.8 Å². The third kappa shape index (κ3) is 2.87. The van der Waals surface area contributed by atoms with Gasteiger partial charge in [0.15, 0.2) is 0 Å². The number of nitrogens with two attached hydrogens (primary N) is 1. The van der Waals surface area contributed by atoms with Crippen LogP contribution in [0.1, 0.15) is 78.1 Å². The molecule has 0 spiro atoms. The lowest BCUT2D eigenvalue weighted by molar-refractivity contribution is -0.0963. The molecule has 2 N–H and O–H groups in total. The van der Waals surface area contributed by atoms with Gasteiger partial charge in [-0.25, -0.2) is 0 Å². The number of hydrogen-bond acceptors (Lipinski definition) is 2. The first-order valence-electron chi connectivity index (χ1n) is 11.2. The summed E-state index contributed by atoms with van der Waals surface area (Å²) in [7, 11) is -0.657. The van der Waals surface area contributed by atoms with Gasteiger partial charge in [0.25, 0.3) is 0 Å². The summed E-state index contributed by atoms with van der Waals surface area (Å²) >= 11 is 0. The molecule has 0 aromatic carbocycles. The predicted octanol–water partition coefficient (Wildman–Crippen LogP) is 5.05. The maximum atomic E-state index is 12.7. The van der Waals surface area contributed by atoms with Gasteiger partial charge >= 0.3 is 0 Å². The molecule has 4 saturated carbocycles. The van der Waals surface area contributed by atoms with E-state index in [0.29, 0.717) is 22.6 Å². The van der Waals surface area contributed by atoms with Crippen molar-refractivity contribution in [3.63, 3.8) is 0 Å². The normalized spacial score (nSPS) is 49.2. The summed E-state index contributed by atoms with van der Waals surface area (Å²) in [6, 6.07) is 0. The number of rotatable bonds is 4. The summed E-state index contributed by atoms with van der Waals surface area (Å²) in [6.07, 6.45) is 12.9. The molecule has 3 heteroatoms. The monoisotopic (exact) mass is 377 g/mol. The molecule has 4 aliphatic carbocycles. The molecule has 0 aliphatic heterocycles. The van der Waals surface area contributed by atoms with Gasteiger partial charge in [0, 0.05) is 21.8 Å². The Hall–Kier alpha value is -0.150. The number of allylic oxidation sites excluding steroid dienone is 1. The highest BCUT2D eigenvalue weighted by Crippen LogP contribution is 2.67. The molecule has 4 aliphatic rings. The van der Waals surface area contributed by atoms with Gasteiger partial charge in [-0.05, 0) is 105 Å². The molecule has 0 aromatic heterocycles. The van der Waals surface area contributed by atoms with Crippen LogP contribution in [0.25, 0.3) is 0 Å². The van der Waals surface area contributed by atoms with Gasteiger partial charge in [0.2, 0.25) is 0 Å². The fourth-order valence-electron chi connectivity index (χ4n) is 7.76. The van der Waals surface area contributed by atoms with Crippen molar-refractivity contribution in [3.05, 3.63) is 12.2 Å². The van der Waals surface area contributed by atoms with E-state index in [1.807, 2.05) is 0 Å². The zero-order valence-electron chi connectivity index (χ0n) is 17.0. The third-order valence-corrected chi connectivity index (χ3v) is 11.4. The van der Waals surface area contributed by atoms with Crippen molar-refractivity contribution in [1.29, 1.82) is 0 Å². The fraction of sp³-hybridized carbons (Fsp3) is 0.913. The van der Waals surface area contributed by atoms with E-state index in [9.17, 15) is 4.21 Å². The highest BCUT2D eigenvalue weighted by Gasteiger charge is 2.58. The zero-order valence-corrected chi connectivity index (χ0v) is 17.8. The molecule has 148 valence electrons. The molecule has 8 atom stereocenters. The third-order valence-electron chi connectivity index (χ3n) is 9.49. The van der Waals surface area contributed by atoms with Gasteiger partial charge in [-0.3, -0.25) is 4.21 Å². The summed E-state index contributed by atoms with van der Waals surface area (Å²) in [4.78, 5) is 0. The van der Waals surface area contributed by atoms with Gasteiger partial charge in [0.1, 0.15) is 0 Å². The minimum Gasteiger partial charge on any atom is -0.330 e. The van der Waals surface area contributed by atoms with Crippen molar-refractivity contribution in [3.8, 4) is 0 Å². The topological polar surface area (TPSA) is 43.1 Å². The molecular weight excluding hydrogens is 338 g/mol. The lowest BCUT2D eigenvalue weighted by atomic mass is 9.45.